The number of carbonyl (C=O) groups is 1. The number of amides is 1. The Morgan fingerprint density at radius 3 is 2.76 bits per heavy atom. The van der Waals surface area contributed by atoms with Gasteiger partial charge in [-0.15, -0.1) is 0 Å². The smallest absolute Gasteiger partial charge is 0.255 e. The van der Waals surface area contributed by atoms with Gasteiger partial charge in [0.15, 0.2) is 0 Å². The van der Waals surface area contributed by atoms with E-state index in [1.807, 2.05) is 43.0 Å². The maximum Gasteiger partial charge on any atom is 0.255 e. The van der Waals surface area contributed by atoms with Crippen LogP contribution in [0.25, 0.3) is 0 Å². The van der Waals surface area contributed by atoms with E-state index in [1.54, 1.807) is 0 Å². The minimum Gasteiger partial charge on any atom is -0.390 e. The zero-order valence-electron chi connectivity index (χ0n) is 13.2. The Hall–Kier alpha value is -1.55. The number of aliphatic hydroxyl groups is 1. The molecule has 4 heteroatoms. The zero-order chi connectivity index (χ0) is 15.5. The van der Waals surface area contributed by atoms with E-state index in [1.165, 1.54) is 0 Å². The van der Waals surface area contributed by atoms with Gasteiger partial charge < -0.3 is 15.3 Å². The van der Waals surface area contributed by atoms with E-state index < -0.39 is 5.60 Å². The Bertz CT molecular complexity index is 494. The number of likely N-dealkylation sites (tertiary alicyclic amines) is 1. The number of benzene rings is 1. The van der Waals surface area contributed by atoms with Crippen LogP contribution in [0.1, 0.15) is 44.0 Å². The molecule has 1 heterocycles. The molecule has 0 saturated carbocycles. The molecule has 1 aliphatic heterocycles. The van der Waals surface area contributed by atoms with E-state index >= 15 is 0 Å². The molecular formula is C17H26N2O2. The number of anilines is 1. The van der Waals surface area contributed by atoms with Gasteiger partial charge in [-0.05, 0) is 38.8 Å². The van der Waals surface area contributed by atoms with Crippen LogP contribution < -0.4 is 5.32 Å². The number of hydrogen-bond acceptors (Lipinski definition) is 3. The van der Waals surface area contributed by atoms with Gasteiger partial charge in [-0.25, -0.2) is 0 Å². The fourth-order valence-electron chi connectivity index (χ4n) is 2.78. The van der Waals surface area contributed by atoms with Crippen LogP contribution in [-0.4, -0.2) is 41.1 Å². The van der Waals surface area contributed by atoms with Crippen LogP contribution in [0.5, 0.6) is 0 Å². The molecule has 4 nitrogen and oxygen atoms in total. The maximum absolute atomic E-state index is 12.7. The zero-order valence-corrected chi connectivity index (χ0v) is 13.2. The van der Waals surface area contributed by atoms with Crippen molar-refractivity contribution in [1.29, 1.82) is 0 Å². The van der Waals surface area contributed by atoms with Crippen molar-refractivity contribution in [1.82, 2.24) is 4.90 Å². The Morgan fingerprint density at radius 1 is 1.43 bits per heavy atom. The van der Waals surface area contributed by atoms with Gasteiger partial charge in [0, 0.05) is 31.2 Å². The third-order valence-electron chi connectivity index (χ3n) is 4.20. The first-order valence-corrected chi connectivity index (χ1v) is 7.78. The van der Waals surface area contributed by atoms with Crippen LogP contribution >= 0.6 is 0 Å². The highest BCUT2D eigenvalue weighted by Crippen LogP contribution is 2.29. The Balaban J connectivity index is 2.11. The summed E-state index contributed by atoms with van der Waals surface area (Å²) in [6, 6.07) is 7.66. The highest BCUT2D eigenvalue weighted by molar-refractivity contribution is 5.99. The van der Waals surface area contributed by atoms with Crippen molar-refractivity contribution in [3.8, 4) is 0 Å². The van der Waals surface area contributed by atoms with Crippen molar-refractivity contribution >= 4 is 11.6 Å². The molecular weight excluding hydrogens is 264 g/mol. The molecule has 2 rings (SSSR count). The molecule has 0 spiro atoms. The standard InChI is InChI=1S/C17H26N2O2/c1-4-10-18-15-8-6-5-7-14(15)16(20)19-11-9-13(12-19)17(2,3)21/h5-8,13,18,21H,4,9-12H2,1-3H3. The summed E-state index contributed by atoms with van der Waals surface area (Å²) in [6.45, 7) is 7.95. The van der Waals surface area contributed by atoms with Crippen molar-refractivity contribution in [2.24, 2.45) is 5.92 Å². The Labute approximate surface area is 127 Å². The van der Waals surface area contributed by atoms with Crippen LogP contribution in [0.2, 0.25) is 0 Å². The molecule has 2 N–H and O–H groups in total. The lowest BCUT2D eigenvalue weighted by Crippen LogP contribution is -2.35. The molecule has 1 fully saturated rings. The number of hydrogen-bond donors (Lipinski definition) is 2. The molecule has 0 aliphatic carbocycles. The van der Waals surface area contributed by atoms with Gasteiger partial charge >= 0.3 is 0 Å². The summed E-state index contributed by atoms with van der Waals surface area (Å²) in [5, 5.41) is 13.4. The second-order valence-electron chi connectivity index (χ2n) is 6.36. The van der Waals surface area contributed by atoms with Crippen molar-refractivity contribution < 1.29 is 9.90 Å². The summed E-state index contributed by atoms with van der Waals surface area (Å²) >= 11 is 0. The lowest BCUT2D eigenvalue weighted by Gasteiger charge is -2.26. The molecule has 1 aromatic rings. The quantitative estimate of drug-likeness (QED) is 0.876. The first kappa shape index (κ1) is 15.8. The van der Waals surface area contributed by atoms with Crippen LogP contribution in [0.15, 0.2) is 24.3 Å². The minimum atomic E-state index is -0.727. The minimum absolute atomic E-state index is 0.0564. The van der Waals surface area contributed by atoms with Crippen molar-refractivity contribution in [3.05, 3.63) is 29.8 Å². The van der Waals surface area contributed by atoms with E-state index in [0.29, 0.717) is 6.54 Å². The molecule has 0 bridgehead atoms. The van der Waals surface area contributed by atoms with Crippen LogP contribution in [0, 0.1) is 5.92 Å². The largest absolute Gasteiger partial charge is 0.390 e. The fourth-order valence-corrected chi connectivity index (χ4v) is 2.78. The van der Waals surface area contributed by atoms with Crippen molar-refractivity contribution in [2.75, 3.05) is 25.0 Å². The molecule has 21 heavy (non-hydrogen) atoms. The third kappa shape index (κ3) is 3.76. The van der Waals surface area contributed by atoms with Crippen molar-refractivity contribution in [3.63, 3.8) is 0 Å². The molecule has 1 aliphatic rings. The van der Waals surface area contributed by atoms with Gasteiger partial charge in [0.05, 0.1) is 11.2 Å². The maximum atomic E-state index is 12.7. The molecule has 1 atom stereocenters. The number of para-hydroxylation sites is 1. The van der Waals surface area contributed by atoms with Crippen molar-refractivity contribution in [2.45, 2.75) is 39.2 Å². The molecule has 1 amide bonds. The summed E-state index contributed by atoms with van der Waals surface area (Å²) in [5.74, 6) is 0.207. The van der Waals surface area contributed by atoms with Gasteiger partial charge in [0.1, 0.15) is 0 Å². The predicted octanol–water partition coefficient (Wildman–Crippen LogP) is 2.74. The first-order chi connectivity index (χ1) is 9.93. The molecule has 0 aromatic heterocycles. The number of carbonyl (C=O) groups excluding carboxylic acids is 1. The summed E-state index contributed by atoms with van der Waals surface area (Å²) in [7, 11) is 0. The van der Waals surface area contributed by atoms with E-state index in [4.69, 9.17) is 0 Å². The van der Waals surface area contributed by atoms with Gasteiger partial charge in [0.25, 0.3) is 5.91 Å². The van der Waals surface area contributed by atoms with Crippen LogP contribution in [0.4, 0.5) is 5.69 Å². The lowest BCUT2D eigenvalue weighted by atomic mass is 9.90. The summed E-state index contributed by atoms with van der Waals surface area (Å²) in [6.07, 6.45) is 1.88. The Morgan fingerprint density at radius 2 is 2.14 bits per heavy atom. The summed E-state index contributed by atoms with van der Waals surface area (Å²) in [4.78, 5) is 14.6. The van der Waals surface area contributed by atoms with Gasteiger partial charge in [-0.3, -0.25) is 4.79 Å². The highest BCUT2D eigenvalue weighted by atomic mass is 16.3. The summed E-state index contributed by atoms with van der Waals surface area (Å²) in [5.41, 5.74) is 0.896. The van der Waals surface area contributed by atoms with Crippen LogP contribution in [0.3, 0.4) is 0 Å². The number of rotatable bonds is 5. The van der Waals surface area contributed by atoms with E-state index in [0.717, 1.165) is 37.2 Å². The summed E-state index contributed by atoms with van der Waals surface area (Å²) < 4.78 is 0. The van der Waals surface area contributed by atoms with Crippen LogP contribution in [-0.2, 0) is 0 Å². The topological polar surface area (TPSA) is 52.6 Å². The highest BCUT2D eigenvalue weighted by Gasteiger charge is 2.35. The molecule has 1 saturated heterocycles. The molecule has 0 radical (unpaired) electrons. The fraction of sp³-hybridized carbons (Fsp3) is 0.588. The molecule has 1 unspecified atom stereocenters. The number of nitrogens with zero attached hydrogens (tertiary/aromatic N) is 1. The van der Waals surface area contributed by atoms with Gasteiger partial charge in [0.2, 0.25) is 0 Å². The van der Waals surface area contributed by atoms with E-state index in [2.05, 4.69) is 12.2 Å². The second kappa shape index (κ2) is 6.48. The average Bonchev–Trinajstić information content (AvgIpc) is 2.94. The van der Waals surface area contributed by atoms with E-state index in [9.17, 15) is 9.90 Å². The van der Waals surface area contributed by atoms with Gasteiger partial charge in [-0.2, -0.15) is 0 Å². The Kier molecular flexibility index (Phi) is 4.88. The number of nitrogens with one attached hydrogen (secondary N) is 1. The molecule has 116 valence electrons. The van der Waals surface area contributed by atoms with Gasteiger partial charge in [-0.1, -0.05) is 19.1 Å². The average molecular weight is 290 g/mol. The third-order valence-corrected chi connectivity index (χ3v) is 4.20. The normalized spacial score (nSPS) is 18.9. The second-order valence-corrected chi connectivity index (χ2v) is 6.36. The van der Waals surface area contributed by atoms with E-state index in [-0.39, 0.29) is 11.8 Å². The molecule has 1 aromatic carbocycles. The lowest BCUT2D eigenvalue weighted by molar-refractivity contribution is 0.0211. The monoisotopic (exact) mass is 290 g/mol. The predicted molar refractivity (Wildman–Crippen MR) is 85.5 cm³/mol. The SMILES string of the molecule is CCCNc1ccccc1C(=O)N1CCC(C(C)(C)O)C1. The first-order valence-electron chi connectivity index (χ1n) is 7.78.